The average Bonchev–Trinajstić information content (AvgIpc) is 2.92. The van der Waals surface area contributed by atoms with E-state index in [0.29, 0.717) is 0 Å². The van der Waals surface area contributed by atoms with Crippen LogP contribution in [0.5, 0.6) is 0 Å². The summed E-state index contributed by atoms with van der Waals surface area (Å²) in [6, 6.07) is 4.04. The molecular formula is C16H21N7. The second-order valence-electron chi connectivity index (χ2n) is 5.58. The molecule has 3 heterocycles. The fourth-order valence-electron chi connectivity index (χ4n) is 2.42. The summed E-state index contributed by atoms with van der Waals surface area (Å²) in [7, 11) is 0. The zero-order valence-corrected chi connectivity index (χ0v) is 13.6. The number of pyridine rings is 1. The highest BCUT2D eigenvalue weighted by atomic mass is 15.3. The van der Waals surface area contributed by atoms with E-state index in [9.17, 15) is 0 Å². The second-order valence-corrected chi connectivity index (χ2v) is 5.58. The minimum Gasteiger partial charge on any atom is -0.368 e. The van der Waals surface area contributed by atoms with Gasteiger partial charge in [0.2, 0.25) is 5.95 Å². The number of hydrogen-bond acceptors (Lipinski definition) is 6. The standard InChI is InChI=1S/C16H21N7/c1-4-7-18-14-13-15(20-10-19-14)23(11(2)3)16(22-13)21-12-5-8-17-9-6-12/h5-6,8-11H,4,7H2,1-3H3,(H,17,21,22)(H,18,19,20). The largest absolute Gasteiger partial charge is 0.368 e. The molecule has 120 valence electrons. The monoisotopic (exact) mass is 311 g/mol. The van der Waals surface area contributed by atoms with Gasteiger partial charge in [-0.2, -0.15) is 0 Å². The van der Waals surface area contributed by atoms with Gasteiger partial charge in [0.1, 0.15) is 6.33 Å². The van der Waals surface area contributed by atoms with E-state index in [-0.39, 0.29) is 6.04 Å². The number of nitrogens with one attached hydrogen (secondary N) is 2. The van der Waals surface area contributed by atoms with Crippen molar-refractivity contribution in [1.82, 2.24) is 24.5 Å². The molecule has 3 rings (SSSR count). The Balaban J connectivity index is 2.07. The van der Waals surface area contributed by atoms with Crippen molar-refractivity contribution in [1.29, 1.82) is 0 Å². The van der Waals surface area contributed by atoms with E-state index in [1.165, 1.54) is 0 Å². The second kappa shape index (κ2) is 6.60. The normalized spacial score (nSPS) is 11.1. The van der Waals surface area contributed by atoms with Gasteiger partial charge in [-0.25, -0.2) is 15.0 Å². The first-order chi connectivity index (χ1) is 11.2. The Bertz CT molecular complexity index is 780. The molecule has 0 aromatic carbocycles. The maximum Gasteiger partial charge on any atom is 0.210 e. The summed E-state index contributed by atoms with van der Waals surface area (Å²) >= 11 is 0. The van der Waals surface area contributed by atoms with Gasteiger partial charge in [0.05, 0.1) is 0 Å². The lowest BCUT2D eigenvalue weighted by Gasteiger charge is -2.13. The van der Waals surface area contributed by atoms with Crippen LogP contribution in [0.15, 0.2) is 30.9 Å². The molecule has 7 heteroatoms. The van der Waals surface area contributed by atoms with Crippen LogP contribution in [0.1, 0.15) is 33.2 Å². The number of nitrogens with zero attached hydrogens (tertiary/aromatic N) is 5. The zero-order valence-electron chi connectivity index (χ0n) is 13.6. The summed E-state index contributed by atoms with van der Waals surface area (Å²) in [5.74, 6) is 1.52. The first-order valence-corrected chi connectivity index (χ1v) is 7.84. The van der Waals surface area contributed by atoms with E-state index in [1.807, 2.05) is 12.1 Å². The number of anilines is 3. The van der Waals surface area contributed by atoms with Crippen molar-refractivity contribution in [3.8, 4) is 0 Å². The molecule has 0 saturated carbocycles. The molecule has 23 heavy (non-hydrogen) atoms. The van der Waals surface area contributed by atoms with Gasteiger partial charge in [-0.05, 0) is 32.4 Å². The Morgan fingerprint density at radius 2 is 1.96 bits per heavy atom. The maximum atomic E-state index is 4.73. The van der Waals surface area contributed by atoms with E-state index in [0.717, 1.165) is 41.6 Å². The molecule has 0 unspecified atom stereocenters. The molecule has 3 aromatic rings. The fourth-order valence-corrected chi connectivity index (χ4v) is 2.42. The Kier molecular flexibility index (Phi) is 4.36. The maximum absolute atomic E-state index is 4.73. The highest BCUT2D eigenvalue weighted by molar-refractivity contribution is 5.85. The summed E-state index contributed by atoms with van der Waals surface area (Å²) in [6.07, 6.45) is 6.10. The molecule has 0 aliphatic heterocycles. The third kappa shape index (κ3) is 3.08. The molecule has 0 radical (unpaired) electrons. The van der Waals surface area contributed by atoms with Crippen LogP contribution in [0.4, 0.5) is 17.5 Å². The lowest BCUT2D eigenvalue weighted by molar-refractivity contribution is 0.620. The highest BCUT2D eigenvalue weighted by Crippen LogP contribution is 2.28. The Hall–Kier alpha value is -2.70. The molecule has 0 bridgehead atoms. The molecule has 0 aliphatic rings. The van der Waals surface area contributed by atoms with Gasteiger partial charge in [0.25, 0.3) is 0 Å². The van der Waals surface area contributed by atoms with Crippen LogP contribution in [0.2, 0.25) is 0 Å². The smallest absolute Gasteiger partial charge is 0.210 e. The van der Waals surface area contributed by atoms with Crippen LogP contribution >= 0.6 is 0 Å². The van der Waals surface area contributed by atoms with E-state index in [1.54, 1.807) is 18.7 Å². The van der Waals surface area contributed by atoms with Gasteiger partial charge in [-0.1, -0.05) is 6.92 Å². The van der Waals surface area contributed by atoms with Gasteiger partial charge in [0.15, 0.2) is 17.0 Å². The highest BCUT2D eigenvalue weighted by Gasteiger charge is 2.17. The summed E-state index contributed by atoms with van der Waals surface area (Å²) in [4.78, 5) is 17.5. The van der Waals surface area contributed by atoms with Crippen LogP contribution in [-0.2, 0) is 0 Å². The van der Waals surface area contributed by atoms with Crippen molar-refractivity contribution in [3.63, 3.8) is 0 Å². The third-order valence-corrected chi connectivity index (χ3v) is 3.47. The van der Waals surface area contributed by atoms with Crippen molar-refractivity contribution < 1.29 is 0 Å². The molecule has 0 spiro atoms. The van der Waals surface area contributed by atoms with Crippen molar-refractivity contribution in [2.24, 2.45) is 0 Å². The molecule has 0 aliphatic carbocycles. The van der Waals surface area contributed by atoms with E-state index >= 15 is 0 Å². The first-order valence-electron chi connectivity index (χ1n) is 7.84. The van der Waals surface area contributed by atoms with E-state index < -0.39 is 0 Å². The lowest BCUT2D eigenvalue weighted by Crippen LogP contribution is -2.07. The lowest BCUT2D eigenvalue weighted by atomic mass is 10.3. The minimum atomic E-state index is 0.221. The Labute approximate surface area is 135 Å². The van der Waals surface area contributed by atoms with Crippen LogP contribution < -0.4 is 10.6 Å². The molecule has 2 N–H and O–H groups in total. The molecule has 0 saturated heterocycles. The number of imidazole rings is 1. The molecule has 0 amide bonds. The van der Waals surface area contributed by atoms with E-state index in [4.69, 9.17) is 4.98 Å². The van der Waals surface area contributed by atoms with E-state index in [2.05, 4.69) is 50.9 Å². The van der Waals surface area contributed by atoms with Crippen LogP contribution in [0.3, 0.4) is 0 Å². The molecular weight excluding hydrogens is 290 g/mol. The van der Waals surface area contributed by atoms with Gasteiger partial charge in [0, 0.05) is 30.7 Å². The summed E-state index contributed by atoms with van der Waals surface area (Å²) in [5, 5.41) is 6.66. The summed E-state index contributed by atoms with van der Waals surface area (Å²) in [5.41, 5.74) is 2.55. The first kappa shape index (κ1) is 15.2. The van der Waals surface area contributed by atoms with Crippen molar-refractivity contribution >= 4 is 28.6 Å². The fraction of sp³-hybridized carbons (Fsp3) is 0.375. The summed E-state index contributed by atoms with van der Waals surface area (Å²) in [6.45, 7) is 7.20. The quantitative estimate of drug-likeness (QED) is 0.726. The molecule has 7 nitrogen and oxygen atoms in total. The number of fused-ring (bicyclic) bond motifs is 1. The topological polar surface area (TPSA) is 80.6 Å². The van der Waals surface area contributed by atoms with Gasteiger partial charge in [-0.15, -0.1) is 0 Å². The minimum absolute atomic E-state index is 0.221. The molecule has 0 atom stereocenters. The van der Waals surface area contributed by atoms with Crippen molar-refractivity contribution in [3.05, 3.63) is 30.9 Å². The predicted octanol–water partition coefficient (Wildman–Crippen LogP) is 3.37. The number of aromatic nitrogens is 5. The molecule has 3 aromatic heterocycles. The zero-order chi connectivity index (χ0) is 16.2. The van der Waals surface area contributed by atoms with Crippen LogP contribution in [0.25, 0.3) is 11.2 Å². The summed E-state index contributed by atoms with van der Waals surface area (Å²) < 4.78 is 2.08. The third-order valence-electron chi connectivity index (χ3n) is 3.47. The Morgan fingerprint density at radius 3 is 2.65 bits per heavy atom. The SMILES string of the molecule is CCCNc1ncnc2c1nc(Nc1ccncc1)n2C(C)C. The molecule has 0 fully saturated rings. The van der Waals surface area contributed by atoms with Crippen LogP contribution in [0, 0.1) is 0 Å². The Morgan fingerprint density at radius 1 is 1.17 bits per heavy atom. The number of rotatable bonds is 6. The van der Waals surface area contributed by atoms with Gasteiger partial charge in [-0.3, -0.25) is 9.55 Å². The van der Waals surface area contributed by atoms with Gasteiger partial charge >= 0.3 is 0 Å². The van der Waals surface area contributed by atoms with Crippen LogP contribution in [-0.4, -0.2) is 31.0 Å². The van der Waals surface area contributed by atoms with Crippen molar-refractivity contribution in [2.45, 2.75) is 33.2 Å². The average molecular weight is 311 g/mol. The predicted molar refractivity (Wildman–Crippen MR) is 92.0 cm³/mol. The number of hydrogen-bond donors (Lipinski definition) is 2. The van der Waals surface area contributed by atoms with Gasteiger partial charge < -0.3 is 10.6 Å². The van der Waals surface area contributed by atoms with Crippen molar-refractivity contribution in [2.75, 3.05) is 17.2 Å².